The van der Waals surface area contributed by atoms with Gasteiger partial charge < -0.3 is 0 Å². The molecule has 16 heteroatoms. The molecule has 198 valence electrons. The Labute approximate surface area is 217 Å². The molecule has 0 saturated carbocycles. The van der Waals surface area contributed by atoms with Gasteiger partial charge in [0.2, 0.25) is 0 Å². The van der Waals surface area contributed by atoms with Crippen LogP contribution in [0.1, 0.15) is 22.3 Å². The normalized spacial score (nSPS) is 12.1. The van der Waals surface area contributed by atoms with Gasteiger partial charge in [0.25, 0.3) is 31.4 Å². The van der Waals surface area contributed by atoms with Gasteiger partial charge >= 0.3 is 0 Å². The first-order valence-corrected chi connectivity index (χ1v) is 13.5. The van der Waals surface area contributed by atoms with E-state index in [0.29, 0.717) is 22.3 Å². The highest BCUT2D eigenvalue weighted by atomic mass is 32.2. The Hall–Kier alpha value is -4.70. The van der Waals surface area contributed by atoms with Crippen LogP contribution in [0.2, 0.25) is 0 Å². The topological polar surface area (TPSA) is 203 Å². The largest absolute Gasteiger partial charge is 0.276 e. The maximum Gasteiger partial charge on any atom is 0.276 e. The van der Waals surface area contributed by atoms with Crippen molar-refractivity contribution in [1.29, 1.82) is 0 Å². The van der Waals surface area contributed by atoms with E-state index in [1.807, 2.05) is 9.66 Å². The minimum absolute atomic E-state index is 0.313. The van der Waals surface area contributed by atoms with Gasteiger partial charge in [0, 0.05) is 23.3 Å². The number of hydrogen-bond acceptors (Lipinski definition) is 10. The van der Waals surface area contributed by atoms with E-state index in [0.717, 1.165) is 12.1 Å². The van der Waals surface area contributed by atoms with E-state index in [1.54, 1.807) is 24.3 Å². The van der Waals surface area contributed by atoms with Crippen LogP contribution in [0.25, 0.3) is 0 Å². The maximum atomic E-state index is 12.4. The van der Waals surface area contributed by atoms with E-state index in [4.69, 9.17) is 0 Å². The third kappa shape index (κ3) is 6.74. The third-order valence-corrected chi connectivity index (χ3v) is 7.53. The van der Waals surface area contributed by atoms with Gasteiger partial charge in [0.1, 0.15) is 0 Å². The van der Waals surface area contributed by atoms with Gasteiger partial charge in [-0.25, -0.2) is 9.66 Å². The monoisotopic (exact) mass is 560 g/mol. The summed E-state index contributed by atoms with van der Waals surface area (Å²) in [5, 5.41) is 29.4. The average Bonchev–Trinajstić information content (AvgIpc) is 2.84. The van der Waals surface area contributed by atoms with Gasteiger partial charge in [-0.3, -0.25) is 20.2 Å². The number of sulfonamides is 2. The number of hydrogen-bond donors (Lipinski definition) is 2. The Balaban J connectivity index is 1.64. The molecule has 3 rings (SSSR count). The summed E-state index contributed by atoms with van der Waals surface area (Å²) in [7, 11) is -8.29. The number of benzene rings is 3. The molecule has 0 saturated heterocycles. The number of nitrogens with zero attached hydrogens (tertiary/aromatic N) is 4. The predicted octanol–water partition coefficient (Wildman–Crippen LogP) is 2.74. The van der Waals surface area contributed by atoms with Crippen LogP contribution in [0.5, 0.6) is 0 Å². The summed E-state index contributed by atoms with van der Waals surface area (Å²) in [6.07, 6.45) is 2.40. The predicted molar refractivity (Wildman–Crippen MR) is 138 cm³/mol. The highest BCUT2D eigenvalue weighted by molar-refractivity contribution is 7.89. The number of hydrazone groups is 2. The van der Waals surface area contributed by atoms with Crippen molar-refractivity contribution in [3.05, 3.63) is 103 Å². The first kappa shape index (κ1) is 27.9. The fraction of sp³-hybridized carbons (Fsp3) is 0.0909. The fourth-order valence-corrected chi connectivity index (χ4v) is 4.64. The van der Waals surface area contributed by atoms with E-state index in [1.165, 1.54) is 50.5 Å². The van der Waals surface area contributed by atoms with Crippen molar-refractivity contribution in [1.82, 2.24) is 9.66 Å². The molecule has 0 heterocycles. The second kappa shape index (κ2) is 11.1. The first-order valence-electron chi connectivity index (χ1n) is 10.5. The molecule has 0 spiro atoms. The lowest BCUT2D eigenvalue weighted by atomic mass is 10.2. The third-order valence-electron chi connectivity index (χ3n) is 5.08. The van der Waals surface area contributed by atoms with Crippen molar-refractivity contribution in [2.75, 3.05) is 0 Å². The molecule has 0 atom stereocenters. The fourth-order valence-electron chi connectivity index (χ4n) is 3.02. The molecule has 0 radical (unpaired) electrons. The van der Waals surface area contributed by atoms with Crippen molar-refractivity contribution in [2.45, 2.75) is 23.6 Å². The molecule has 0 aliphatic rings. The summed E-state index contributed by atoms with van der Waals surface area (Å²) < 4.78 is 49.5. The summed E-state index contributed by atoms with van der Waals surface area (Å²) in [5.74, 6) is 0. The lowest BCUT2D eigenvalue weighted by Crippen LogP contribution is -2.18. The number of rotatable bonds is 10. The Morgan fingerprint density at radius 1 is 0.658 bits per heavy atom. The van der Waals surface area contributed by atoms with E-state index < -0.39 is 29.9 Å². The van der Waals surface area contributed by atoms with Gasteiger partial charge in [0.15, 0.2) is 0 Å². The molecule has 0 fully saturated rings. The van der Waals surface area contributed by atoms with Crippen LogP contribution in [0.3, 0.4) is 0 Å². The minimum Gasteiger partial charge on any atom is -0.258 e. The number of nitro groups is 2. The van der Waals surface area contributed by atoms with Crippen LogP contribution in [-0.2, 0) is 20.0 Å². The van der Waals surface area contributed by atoms with Crippen molar-refractivity contribution in [2.24, 2.45) is 10.2 Å². The second-order valence-electron chi connectivity index (χ2n) is 7.78. The van der Waals surface area contributed by atoms with Crippen LogP contribution < -0.4 is 9.66 Å². The highest BCUT2D eigenvalue weighted by Crippen LogP contribution is 2.23. The standard InChI is InChI=1S/C22H20N6O8S2/c1-15-3-9-19(11-21(15)27(29)30)37(33,34)25-23-13-17-5-7-18(8-6-17)14-24-26-38(35,36)20-10-4-16(2)22(12-20)28(31)32/h3-14,25-26H,1-2H3/b23-13+,24-14+. The second-order valence-corrected chi connectivity index (χ2v) is 11.1. The average molecular weight is 561 g/mol. The molecule has 14 nitrogen and oxygen atoms in total. The van der Waals surface area contributed by atoms with Crippen LogP contribution in [0.4, 0.5) is 11.4 Å². The Bertz CT molecular complexity index is 1540. The van der Waals surface area contributed by atoms with E-state index in [-0.39, 0.29) is 21.2 Å². The molecule has 3 aromatic carbocycles. The van der Waals surface area contributed by atoms with Crippen molar-refractivity contribution in [3.63, 3.8) is 0 Å². The van der Waals surface area contributed by atoms with E-state index in [2.05, 4.69) is 10.2 Å². The van der Waals surface area contributed by atoms with Crippen LogP contribution in [0.15, 0.2) is 80.7 Å². The van der Waals surface area contributed by atoms with Crippen LogP contribution in [0, 0.1) is 34.1 Å². The first-order chi connectivity index (χ1) is 17.8. The van der Waals surface area contributed by atoms with Crippen LogP contribution >= 0.6 is 0 Å². The van der Waals surface area contributed by atoms with Crippen molar-refractivity contribution < 1.29 is 26.7 Å². The molecule has 0 amide bonds. The van der Waals surface area contributed by atoms with E-state index >= 15 is 0 Å². The van der Waals surface area contributed by atoms with Crippen molar-refractivity contribution in [3.8, 4) is 0 Å². The smallest absolute Gasteiger partial charge is 0.258 e. The van der Waals surface area contributed by atoms with Gasteiger partial charge in [-0.05, 0) is 37.1 Å². The molecule has 0 aliphatic heterocycles. The number of aryl methyl sites for hydroxylation is 2. The molecule has 0 unspecified atom stereocenters. The van der Waals surface area contributed by atoms with E-state index in [9.17, 15) is 37.1 Å². The lowest BCUT2D eigenvalue weighted by Gasteiger charge is -2.05. The lowest BCUT2D eigenvalue weighted by molar-refractivity contribution is -0.385. The van der Waals surface area contributed by atoms with Gasteiger partial charge in [-0.15, -0.1) is 0 Å². The Kier molecular flexibility index (Phi) is 8.17. The summed E-state index contributed by atoms with van der Waals surface area (Å²) >= 11 is 0. The molecular formula is C22H20N6O8S2. The van der Waals surface area contributed by atoms with Gasteiger partial charge in [-0.1, -0.05) is 36.4 Å². The SMILES string of the molecule is Cc1ccc(S(=O)(=O)N/N=C/c2ccc(/C=N/NS(=O)(=O)c3ccc(C)c([N+](=O)[O-])c3)cc2)cc1[N+](=O)[O-]. The minimum atomic E-state index is -4.15. The Morgan fingerprint density at radius 3 is 1.32 bits per heavy atom. The maximum absolute atomic E-state index is 12.4. The highest BCUT2D eigenvalue weighted by Gasteiger charge is 2.20. The number of nitrogens with one attached hydrogen (secondary N) is 2. The van der Waals surface area contributed by atoms with Gasteiger partial charge in [-0.2, -0.15) is 27.0 Å². The van der Waals surface area contributed by atoms with Gasteiger partial charge in [0.05, 0.1) is 32.1 Å². The molecule has 0 aliphatic carbocycles. The Morgan fingerprint density at radius 2 is 1.00 bits per heavy atom. The summed E-state index contributed by atoms with van der Waals surface area (Å²) in [6.45, 7) is 2.98. The molecule has 3 aromatic rings. The molecular weight excluding hydrogens is 540 g/mol. The van der Waals surface area contributed by atoms with Crippen molar-refractivity contribution >= 4 is 43.9 Å². The molecule has 0 bridgehead atoms. The summed E-state index contributed by atoms with van der Waals surface area (Å²) in [5.41, 5.74) is 0.911. The number of nitro benzene ring substituents is 2. The zero-order chi connectivity index (χ0) is 28.1. The quantitative estimate of drug-likeness (QED) is 0.214. The molecule has 0 aromatic heterocycles. The summed E-state index contributed by atoms with van der Waals surface area (Å²) in [6, 6.07) is 13.2. The zero-order valence-electron chi connectivity index (χ0n) is 19.8. The summed E-state index contributed by atoms with van der Waals surface area (Å²) in [4.78, 5) is 24.1. The molecule has 2 N–H and O–H groups in total. The zero-order valence-corrected chi connectivity index (χ0v) is 21.4. The van der Waals surface area contributed by atoms with Crippen LogP contribution in [-0.4, -0.2) is 39.1 Å². The molecule has 38 heavy (non-hydrogen) atoms.